The molecule has 4 heteroatoms. The summed E-state index contributed by atoms with van der Waals surface area (Å²) in [6.07, 6.45) is 3.53. The molecule has 0 heterocycles. The van der Waals surface area contributed by atoms with E-state index in [0.29, 0.717) is 0 Å². The molecule has 0 aromatic carbocycles. The molecular formula is C8H12Cl2O2. The van der Waals surface area contributed by atoms with Crippen LogP contribution in [0.5, 0.6) is 0 Å². The maximum atomic E-state index is 11.0. The van der Waals surface area contributed by atoms with Crippen molar-refractivity contribution >= 4 is 29.2 Å². The number of alkyl halides is 2. The Morgan fingerprint density at radius 1 is 1.58 bits per heavy atom. The van der Waals surface area contributed by atoms with E-state index in [1.54, 1.807) is 19.1 Å². The van der Waals surface area contributed by atoms with Gasteiger partial charge >= 0.3 is 5.97 Å². The molecule has 0 rings (SSSR count). The van der Waals surface area contributed by atoms with Gasteiger partial charge in [0, 0.05) is 5.92 Å². The van der Waals surface area contributed by atoms with Crippen LogP contribution in [0.3, 0.4) is 0 Å². The average Bonchev–Trinajstić information content (AvgIpc) is 2.03. The summed E-state index contributed by atoms with van der Waals surface area (Å²) < 4.78 is 2.96. The standard InChI is InChI=1S/C8H12Cl2O2/c1-4-5-6(2)8(9,10)7(11)12-3/h4-6H,1-3H3/b5-4+. The van der Waals surface area contributed by atoms with Crippen LogP contribution in [0.4, 0.5) is 0 Å². The molecule has 0 aromatic heterocycles. The van der Waals surface area contributed by atoms with Gasteiger partial charge in [-0.15, -0.1) is 0 Å². The summed E-state index contributed by atoms with van der Waals surface area (Å²) in [6.45, 7) is 3.58. The van der Waals surface area contributed by atoms with Gasteiger partial charge in [-0.25, -0.2) is 4.79 Å². The molecule has 70 valence electrons. The Kier molecular flexibility index (Phi) is 4.64. The Morgan fingerprint density at radius 3 is 2.42 bits per heavy atom. The number of ether oxygens (including phenoxy) is 1. The summed E-state index contributed by atoms with van der Waals surface area (Å²) in [5.41, 5.74) is 0. The normalized spacial score (nSPS) is 14.8. The quantitative estimate of drug-likeness (QED) is 0.407. The highest BCUT2D eigenvalue weighted by molar-refractivity contribution is 6.57. The molecule has 12 heavy (non-hydrogen) atoms. The number of carbonyl (C=O) groups is 1. The predicted octanol–water partition coefficient (Wildman–Crippen LogP) is 2.55. The Hall–Kier alpha value is -0.210. The van der Waals surface area contributed by atoms with Crippen LogP contribution >= 0.6 is 23.2 Å². The first-order chi connectivity index (χ1) is 5.46. The van der Waals surface area contributed by atoms with E-state index in [-0.39, 0.29) is 5.92 Å². The van der Waals surface area contributed by atoms with E-state index in [4.69, 9.17) is 23.2 Å². The van der Waals surface area contributed by atoms with Gasteiger partial charge in [0.1, 0.15) is 0 Å². The summed E-state index contributed by atoms with van der Waals surface area (Å²) in [5, 5.41) is 0. The molecule has 0 amide bonds. The lowest BCUT2D eigenvalue weighted by Gasteiger charge is -2.20. The lowest BCUT2D eigenvalue weighted by molar-refractivity contribution is -0.142. The third kappa shape index (κ3) is 2.68. The topological polar surface area (TPSA) is 26.3 Å². The van der Waals surface area contributed by atoms with E-state index in [2.05, 4.69) is 4.74 Å². The molecule has 0 aliphatic rings. The van der Waals surface area contributed by atoms with E-state index in [0.717, 1.165) is 0 Å². The van der Waals surface area contributed by atoms with E-state index in [9.17, 15) is 4.79 Å². The second-order valence-corrected chi connectivity index (χ2v) is 3.81. The zero-order chi connectivity index (χ0) is 9.78. The molecule has 0 N–H and O–H groups in total. The van der Waals surface area contributed by atoms with Crippen LogP contribution in [0.1, 0.15) is 13.8 Å². The highest BCUT2D eigenvalue weighted by Gasteiger charge is 2.39. The number of methoxy groups -OCH3 is 1. The predicted molar refractivity (Wildman–Crippen MR) is 50.4 cm³/mol. The van der Waals surface area contributed by atoms with Crippen molar-refractivity contribution in [3.8, 4) is 0 Å². The fraction of sp³-hybridized carbons (Fsp3) is 0.625. The Bertz CT molecular complexity index is 187. The highest BCUT2D eigenvalue weighted by Crippen LogP contribution is 2.32. The van der Waals surface area contributed by atoms with Crippen molar-refractivity contribution in [2.24, 2.45) is 5.92 Å². The first kappa shape index (κ1) is 11.8. The Labute approximate surface area is 82.5 Å². The van der Waals surface area contributed by atoms with Crippen LogP contribution in [0.15, 0.2) is 12.2 Å². The van der Waals surface area contributed by atoms with Crippen molar-refractivity contribution in [1.82, 2.24) is 0 Å². The molecule has 0 saturated carbocycles. The third-order valence-electron chi connectivity index (χ3n) is 1.51. The van der Waals surface area contributed by atoms with Crippen LogP contribution in [0.2, 0.25) is 0 Å². The number of carbonyl (C=O) groups excluding carboxylic acids is 1. The van der Waals surface area contributed by atoms with Gasteiger partial charge in [0.25, 0.3) is 0 Å². The summed E-state index contributed by atoms with van der Waals surface area (Å²) >= 11 is 11.5. The van der Waals surface area contributed by atoms with Gasteiger partial charge < -0.3 is 4.74 Å². The molecular weight excluding hydrogens is 199 g/mol. The first-order valence-electron chi connectivity index (χ1n) is 3.55. The zero-order valence-corrected chi connectivity index (χ0v) is 8.82. The Balaban J connectivity index is 4.48. The highest BCUT2D eigenvalue weighted by atomic mass is 35.5. The minimum Gasteiger partial charge on any atom is -0.467 e. The molecule has 2 nitrogen and oxygen atoms in total. The van der Waals surface area contributed by atoms with Crippen LogP contribution in [-0.2, 0) is 9.53 Å². The molecule has 0 aromatic rings. The van der Waals surface area contributed by atoms with Gasteiger partial charge in [0.2, 0.25) is 4.33 Å². The van der Waals surface area contributed by atoms with E-state index >= 15 is 0 Å². The average molecular weight is 211 g/mol. The van der Waals surface area contributed by atoms with Crippen molar-refractivity contribution in [1.29, 1.82) is 0 Å². The smallest absolute Gasteiger partial charge is 0.342 e. The van der Waals surface area contributed by atoms with Gasteiger partial charge in [0.15, 0.2) is 0 Å². The van der Waals surface area contributed by atoms with Crippen molar-refractivity contribution < 1.29 is 9.53 Å². The number of halogens is 2. The number of esters is 1. The van der Waals surface area contributed by atoms with Crippen molar-refractivity contribution in [2.45, 2.75) is 18.2 Å². The van der Waals surface area contributed by atoms with Gasteiger partial charge in [-0.2, -0.15) is 0 Å². The molecule has 1 atom stereocenters. The molecule has 0 bridgehead atoms. The van der Waals surface area contributed by atoms with Gasteiger partial charge in [-0.05, 0) is 6.92 Å². The largest absolute Gasteiger partial charge is 0.467 e. The van der Waals surface area contributed by atoms with Crippen molar-refractivity contribution in [3.63, 3.8) is 0 Å². The maximum absolute atomic E-state index is 11.0. The third-order valence-corrected chi connectivity index (χ3v) is 2.51. The van der Waals surface area contributed by atoms with E-state index in [1.807, 2.05) is 6.92 Å². The van der Waals surface area contributed by atoms with Crippen LogP contribution < -0.4 is 0 Å². The van der Waals surface area contributed by atoms with Crippen molar-refractivity contribution in [3.05, 3.63) is 12.2 Å². The monoisotopic (exact) mass is 210 g/mol. The molecule has 0 saturated heterocycles. The summed E-state index contributed by atoms with van der Waals surface area (Å²) in [7, 11) is 1.25. The lowest BCUT2D eigenvalue weighted by atomic mass is 10.1. The second kappa shape index (κ2) is 4.73. The second-order valence-electron chi connectivity index (χ2n) is 2.43. The summed E-state index contributed by atoms with van der Waals surface area (Å²) in [5.74, 6) is -0.894. The number of hydrogen-bond donors (Lipinski definition) is 0. The molecule has 0 spiro atoms. The molecule has 0 radical (unpaired) electrons. The van der Waals surface area contributed by atoms with E-state index in [1.165, 1.54) is 7.11 Å². The fourth-order valence-electron chi connectivity index (χ4n) is 0.731. The fourth-order valence-corrected chi connectivity index (χ4v) is 1.03. The summed E-state index contributed by atoms with van der Waals surface area (Å²) in [4.78, 5) is 11.0. The summed E-state index contributed by atoms with van der Waals surface area (Å²) in [6, 6.07) is 0. The Morgan fingerprint density at radius 2 is 2.08 bits per heavy atom. The minimum absolute atomic E-state index is 0.265. The number of rotatable bonds is 3. The molecule has 0 fully saturated rings. The SMILES string of the molecule is C/C=C/C(C)C(Cl)(Cl)C(=O)OC. The molecule has 1 unspecified atom stereocenters. The first-order valence-corrected chi connectivity index (χ1v) is 4.31. The van der Waals surface area contributed by atoms with E-state index < -0.39 is 10.3 Å². The van der Waals surface area contributed by atoms with Crippen molar-refractivity contribution in [2.75, 3.05) is 7.11 Å². The zero-order valence-electron chi connectivity index (χ0n) is 7.30. The molecule has 0 aliphatic carbocycles. The number of allylic oxidation sites excluding steroid dienone is 2. The number of hydrogen-bond acceptors (Lipinski definition) is 2. The lowest BCUT2D eigenvalue weighted by Crippen LogP contribution is -2.33. The van der Waals surface area contributed by atoms with Crippen LogP contribution in [0.25, 0.3) is 0 Å². The van der Waals surface area contributed by atoms with Gasteiger partial charge in [0.05, 0.1) is 7.11 Å². The van der Waals surface area contributed by atoms with Gasteiger partial charge in [-0.1, -0.05) is 42.3 Å². The minimum atomic E-state index is -1.48. The maximum Gasteiger partial charge on any atom is 0.342 e. The van der Waals surface area contributed by atoms with Crippen LogP contribution in [-0.4, -0.2) is 17.4 Å². The van der Waals surface area contributed by atoms with Gasteiger partial charge in [-0.3, -0.25) is 0 Å². The molecule has 0 aliphatic heterocycles. The van der Waals surface area contributed by atoms with Crippen LogP contribution in [0, 0.1) is 5.92 Å².